The van der Waals surface area contributed by atoms with Crippen LogP contribution < -0.4 is 5.32 Å². The van der Waals surface area contributed by atoms with Crippen LogP contribution in [0.1, 0.15) is 26.7 Å². The molecule has 0 aromatic heterocycles. The van der Waals surface area contributed by atoms with Gasteiger partial charge in [-0.2, -0.15) is 0 Å². The second-order valence-corrected chi connectivity index (χ2v) is 2.39. The average molecular weight is 157 g/mol. The molecule has 0 aromatic carbocycles. The van der Waals surface area contributed by atoms with Crippen molar-refractivity contribution in [1.82, 2.24) is 5.32 Å². The second kappa shape index (κ2) is 5.77. The van der Waals surface area contributed by atoms with Crippen LogP contribution >= 0.6 is 0 Å². The Hall–Kier alpha value is -0.990. The van der Waals surface area contributed by atoms with Gasteiger partial charge in [0.2, 0.25) is 0 Å². The third-order valence-electron chi connectivity index (χ3n) is 1.05. The molecule has 0 bridgehead atoms. The van der Waals surface area contributed by atoms with Gasteiger partial charge >= 0.3 is 6.09 Å². The molecular weight excluding hydrogens is 142 g/mol. The Morgan fingerprint density at radius 2 is 2.27 bits per heavy atom. The zero-order valence-corrected chi connectivity index (χ0v) is 7.14. The van der Waals surface area contributed by atoms with Crippen molar-refractivity contribution in [2.45, 2.75) is 26.7 Å². The van der Waals surface area contributed by atoms with Crippen LogP contribution in [-0.2, 0) is 4.74 Å². The van der Waals surface area contributed by atoms with E-state index in [-0.39, 0.29) is 0 Å². The van der Waals surface area contributed by atoms with Crippen LogP contribution in [0.25, 0.3) is 0 Å². The summed E-state index contributed by atoms with van der Waals surface area (Å²) in [5, 5.41) is 2.45. The summed E-state index contributed by atoms with van der Waals surface area (Å²) in [6, 6.07) is 0. The smallest absolute Gasteiger partial charge is 0.411 e. The number of nitrogens with one attached hydrogen (secondary N) is 1. The summed E-state index contributed by atoms with van der Waals surface area (Å²) in [4.78, 5) is 10.7. The molecule has 0 aliphatic carbocycles. The zero-order valence-electron chi connectivity index (χ0n) is 7.14. The lowest BCUT2D eigenvalue weighted by Gasteiger charge is -2.04. The first kappa shape index (κ1) is 10.0. The highest BCUT2D eigenvalue weighted by Gasteiger charge is 1.98. The number of ether oxygens (including phenoxy) is 1. The lowest BCUT2D eigenvalue weighted by atomic mass is 10.4. The molecule has 0 unspecified atom stereocenters. The molecule has 0 fully saturated rings. The van der Waals surface area contributed by atoms with Crippen LogP contribution in [0.4, 0.5) is 4.79 Å². The highest BCUT2D eigenvalue weighted by atomic mass is 16.5. The number of hydrogen-bond donors (Lipinski definition) is 1. The van der Waals surface area contributed by atoms with Crippen LogP contribution in [0.2, 0.25) is 0 Å². The van der Waals surface area contributed by atoms with E-state index in [4.69, 9.17) is 4.74 Å². The maximum Gasteiger partial charge on any atom is 0.411 e. The standard InChI is InChI=1S/C8H15NO2/c1-4-5-6-11-8(10)9-7(2)3/h2,4-6H2,1,3H3,(H,9,10). The number of hydrogen-bond acceptors (Lipinski definition) is 2. The highest BCUT2D eigenvalue weighted by molar-refractivity contribution is 5.69. The van der Waals surface area contributed by atoms with Crippen LogP contribution in [0.5, 0.6) is 0 Å². The van der Waals surface area contributed by atoms with E-state index < -0.39 is 6.09 Å². The summed E-state index contributed by atoms with van der Waals surface area (Å²) in [6.45, 7) is 7.74. The Labute approximate surface area is 67.4 Å². The first-order valence-electron chi connectivity index (χ1n) is 3.76. The van der Waals surface area contributed by atoms with Crippen molar-refractivity contribution in [2.24, 2.45) is 0 Å². The van der Waals surface area contributed by atoms with Crippen LogP contribution in [0.3, 0.4) is 0 Å². The maximum absolute atomic E-state index is 10.7. The van der Waals surface area contributed by atoms with E-state index in [0.29, 0.717) is 12.3 Å². The fourth-order valence-corrected chi connectivity index (χ4v) is 0.520. The van der Waals surface area contributed by atoms with E-state index in [1.807, 2.05) is 6.92 Å². The summed E-state index contributed by atoms with van der Waals surface area (Å²) in [7, 11) is 0. The Morgan fingerprint density at radius 3 is 2.73 bits per heavy atom. The molecule has 3 heteroatoms. The van der Waals surface area contributed by atoms with Crippen LogP contribution in [0.15, 0.2) is 12.3 Å². The number of unbranched alkanes of at least 4 members (excludes halogenated alkanes) is 1. The molecule has 64 valence electrons. The first-order chi connectivity index (χ1) is 5.16. The van der Waals surface area contributed by atoms with Crippen molar-refractivity contribution in [1.29, 1.82) is 0 Å². The number of allylic oxidation sites excluding steroid dienone is 1. The highest BCUT2D eigenvalue weighted by Crippen LogP contribution is 1.89. The van der Waals surface area contributed by atoms with E-state index in [0.717, 1.165) is 12.8 Å². The molecule has 0 atom stereocenters. The van der Waals surface area contributed by atoms with E-state index in [1.165, 1.54) is 0 Å². The second-order valence-electron chi connectivity index (χ2n) is 2.39. The minimum Gasteiger partial charge on any atom is -0.449 e. The lowest BCUT2D eigenvalue weighted by molar-refractivity contribution is 0.147. The minimum absolute atomic E-state index is 0.411. The molecule has 0 saturated heterocycles. The van der Waals surface area contributed by atoms with Crippen LogP contribution in [-0.4, -0.2) is 12.7 Å². The van der Waals surface area contributed by atoms with Gasteiger partial charge in [0.1, 0.15) is 0 Å². The van der Waals surface area contributed by atoms with Gasteiger partial charge in [-0.3, -0.25) is 5.32 Å². The third-order valence-corrected chi connectivity index (χ3v) is 1.05. The monoisotopic (exact) mass is 157 g/mol. The molecule has 11 heavy (non-hydrogen) atoms. The topological polar surface area (TPSA) is 38.3 Å². The van der Waals surface area contributed by atoms with Crippen LogP contribution in [0, 0.1) is 0 Å². The summed E-state index contributed by atoms with van der Waals surface area (Å²) < 4.78 is 4.78. The van der Waals surface area contributed by atoms with Gasteiger partial charge < -0.3 is 4.74 Å². The Kier molecular flexibility index (Phi) is 5.25. The molecule has 0 rings (SSSR count). The van der Waals surface area contributed by atoms with Gasteiger partial charge in [-0.25, -0.2) is 4.79 Å². The van der Waals surface area contributed by atoms with Crippen molar-refractivity contribution >= 4 is 6.09 Å². The number of carbonyl (C=O) groups is 1. The summed E-state index contributed by atoms with van der Waals surface area (Å²) in [6.07, 6.45) is 1.52. The number of amides is 1. The molecule has 0 spiro atoms. The van der Waals surface area contributed by atoms with E-state index in [2.05, 4.69) is 11.9 Å². The minimum atomic E-state index is -0.411. The van der Waals surface area contributed by atoms with Crippen molar-refractivity contribution in [2.75, 3.05) is 6.61 Å². The maximum atomic E-state index is 10.7. The van der Waals surface area contributed by atoms with Gasteiger partial charge in [-0.1, -0.05) is 19.9 Å². The van der Waals surface area contributed by atoms with E-state index in [1.54, 1.807) is 6.92 Å². The lowest BCUT2D eigenvalue weighted by Crippen LogP contribution is -2.22. The number of carbonyl (C=O) groups excluding carboxylic acids is 1. The average Bonchev–Trinajstić information content (AvgIpc) is 1.86. The van der Waals surface area contributed by atoms with E-state index in [9.17, 15) is 4.79 Å². The molecule has 0 saturated carbocycles. The third kappa shape index (κ3) is 6.90. The van der Waals surface area contributed by atoms with Crippen molar-refractivity contribution < 1.29 is 9.53 Å². The number of alkyl carbamates (subject to hydrolysis) is 1. The van der Waals surface area contributed by atoms with Gasteiger partial charge in [0.25, 0.3) is 0 Å². The first-order valence-corrected chi connectivity index (χ1v) is 3.76. The normalized spacial score (nSPS) is 8.91. The largest absolute Gasteiger partial charge is 0.449 e. The fourth-order valence-electron chi connectivity index (χ4n) is 0.520. The number of rotatable bonds is 4. The van der Waals surface area contributed by atoms with Gasteiger partial charge in [-0.15, -0.1) is 0 Å². The summed E-state index contributed by atoms with van der Waals surface area (Å²) >= 11 is 0. The molecule has 0 aliphatic heterocycles. The fraction of sp³-hybridized carbons (Fsp3) is 0.625. The van der Waals surface area contributed by atoms with Gasteiger partial charge in [-0.05, 0) is 13.3 Å². The molecule has 0 radical (unpaired) electrons. The molecule has 0 heterocycles. The van der Waals surface area contributed by atoms with Crippen molar-refractivity contribution in [3.05, 3.63) is 12.3 Å². The molecule has 1 amide bonds. The molecule has 0 aliphatic rings. The van der Waals surface area contributed by atoms with Gasteiger partial charge in [0, 0.05) is 5.70 Å². The van der Waals surface area contributed by atoms with Crippen molar-refractivity contribution in [3.63, 3.8) is 0 Å². The predicted octanol–water partition coefficient (Wildman–Crippen LogP) is 2.05. The molecule has 1 N–H and O–H groups in total. The Morgan fingerprint density at radius 1 is 1.64 bits per heavy atom. The van der Waals surface area contributed by atoms with E-state index >= 15 is 0 Å². The Balaban J connectivity index is 3.30. The quantitative estimate of drug-likeness (QED) is 0.634. The SMILES string of the molecule is C=C(C)NC(=O)OCCCC. The van der Waals surface area contributed by atoms with Crippen molar-refractivity contribution in [3.8, 4) is 0 Å². The van der Waals surface area contributed by atoms with Gasteiger partial charge in [0.15, 0.2) is 0 Å². The summed E-state index contributed by atoms with van der Waals surface area (Å²) in [5.74, 6) is 0. The Bertz CT molecular complexity index is 143. The summed E-state index contributed by atoms with van der Waals surface area (Å²) in [5.41, 5.74) is 0.603. The zero-order chi connectivity index (χ0) is 8.69. The van der Waals surface area contributed by atoms with Gasteiger partial charge in [0.05, 0.1) is 6.61 Å². The molecular formula is C8H15NO2. The molecule has 3 nitrogen and oxygen atoms in total. The predicted molar refractivity (Wildman–Crippen MR) is 44.2 cm³/mol. The molecule has 0 aromatic rings.